The van der Waals surface area contributed by atoms with Crippen LogP contribution in [-0.2, 0) is 9.53 Å². The van der Waals surface area contributed by atoms with Gasteiger partial charge in [0.15, 0.2) is 0 Å². The summed E-state index contributed by atoms with van der Waals surface area (Å²) in [5, 5.41) is 10.8. The number of hydrogen-bond acceptors (Lipinski definition) is 6. The monoisotopic (exact) mass is 455 g/mol. The second-order valence-corrected chi connectivity index (χ2v) is 8.73. The maximum Gasteiger partial charge on any atom is 0.337 e. The number of nitrogens with zero attached hydrogens (tertiary/aromatic N) is 3. The van der Waals surface area contributed by atoms with Crippen LogP contribution in [0, 0.1) is 5.92 Å². The second kappa shape index (κ2) is 12.5. The van der Waals surface area contributed by atoms with Crippen molar-refractivity contribution in [3.8, 4) is 0 Å². The minimum absolute atomic E-state index is 0. The van der Waals surface area contributed by atoms with Gasteiger partial charge < -0.3 is 15.0 Å². The van der Waals surface area contributed by atoms with Gasteiger partial charge in [0.1, 0.15) is 0 Å². The van der Waals surface area contributed by atoms with Crippen LogP contribution in [0.25, 0.3) is 0 Å². The topological polar surface area (TPSA) is 86.3 Å². The molecule has 0 aromatic heterocycles. The molecule has 11 heteroatoms. The number of halogens is 2. The molecule has 2 amide bonds. The Kier molecular flexibility index (Phi) is 11.2. The predicted octanol–water partition coefficient (Wildman–Crippen LogP) is 2.16. The largest absolute Gasteiger partial charge is 0.469 e. The lowest BCUT2D eigenvalue weighted by molar-refractivity contribution is -0.140. The van der Waals surface area contributed by atoms with Crippen LogP contribution in [0.1, 0.15) is 38.5 Å². The molecule has 0 aliphatic carbocycles. The van der Waals surface area contributed by atoms with Gasteiger partial charge in [-0.1, -0.05) is 0 Å². The third-order valence-corrected chi connectivity index (χ3v) is 7.05. The van der Waals surface area contributed by atoms with Crippen LogP contribution in [0.3, 0.4) is 0 Å². The number of likely N-dealkylation sites (tertiary alicyclic amines) is 1. The average molecular weight is 456 g/mol. The SMILES string of the molecule is COC(=O)CCS1=CN(NC(=O)N2CCCCC2)N=C1C1CCNCC1.Cl.Cl. The number of hydrazone groups is 1. The highest BCUT2D eigenvalue weighted by Crippen LogP contribution is 2.31. The number of ether oxygens (including phenoxy) is 1. The van der Waals surface area contributed by atoms with Gasteiger partial charge in [-0.25, -0.2) is 10.2 Å². The molecule has 0 spiro atoms. The standard InChI is InChI=1S/C17H29N5O3S.2ClH/c1-25-15(23)7-12-26-13-22(19-16(26)14-5-8-18-9-6-14)20-17(24)21-10-3-2-4-11-21;;/h13-14,18H,2-12H2,1H3,(H,20,24);2*1H. The van der Waals surface area contributed by atoms with Crippen molar-refractivity contribution in [2.24, 2.45) is 11.0 Å². The molecule has 0 aromatic rings. The first-order chi connectivity index (χ1) is 12.7. The summed E-state index contributed by atoms with van der Waals surface area (Å²) in [5.41, 5.74) is 4.86. The molecule has 2 saturated heterocycles. The molecular weight excluding hydrogens is 425 g/mol. The number of carbonyl (C=O) groups is 2. The van der Waals surface area contributed by atoms with E-state index >= 15 is 0 Å². The van der Waals surface area contributed by atoms with E-state index in [0.29, 0.717) is 18.1 Å². The van der Waals surface area contributed by atoms with Gasteiger partial charge in [-0.2, -0.15) is 10.2 Å². The van der Waals surface area contributed by atoms with Crippen LogP contribution in [0.4, 0.5) is 4.79 Å². The highest BCUT2D eigenvalue weighted by molar-refractivity contribution is 8.28. The van der Waals surface area contributed by atoms with Crippen molar-refractivity contribution >= 4 is 57.8 Å². The number of piperidine rings is 2. The van der Waals surface area contributed by atoms with Gasteiger partial charge in [0.05, 0.1) is 24.1 Å². The highest BCUT2D eigenvalue weighted by atomic mass is 35.5. The summed E-state index contributed by atoms with van der Waals surface area (Å²) in [6.07, 6.45) is 5.77. The molecule has 3 rings (SSSR count). The summed E-state index contributed by atoms with van der Waals surface area (Å²) in [4.78, 5) is 25.9. The molecule has 0 aromatic carbocycles. The zero-order valence-corrected chi connectivity index (χ0v) is 18.7. The molecule has 162 valence electrons. The van der Waals surface area contributed by atoms with E-state index in [1.54, 1.807) is 5.12 Å². The van der Waals surface area contributed by atoms with Gasteiger partial charge in [-0.05, 0) is 45.2 Å². The van der Waals surface area contributed by atoms with Crippen molar-refractivity contribution in [3.05, 3.63) is 0 Å². The normalized spacial score (nSPS) is 22.3. The van der Waals surface area contributed by atoms with Gasteiger partial charge in [-0.3, -0.25) is 4.79 Å². The molecule has 2 fully saturated rings. The molecule has 0 bridgehead atoms. The third-order valence-electron chi connectivity index (χ3n) is 5.00. The lowest BCUT2D eigenvalue weighted by Crippen LogP contribution is -2.47. The van der Waals surface area contributed by atoms with Crippen molar-refractivity contribution in [1.82, 2.24) is 20.8 Å². The molecule has 3 aliphatic heterocycles. The summed E-state index contributed by atoms with van der Waals surface area (Å²) >= 11 is 0. The van der Waals surface area contributed by atoms with Gasteiger partial charge >= 0.3 is 12.0 Å². The van der Waals surface area contributed by atoms with E-state index in [2.05, 4.69) is 10.7 Å². The summed E-state index contributed by atoms with van der Waals surface area (Å²) < 4.78 is 4.77. The Balaban J connectivity index is 0.00000196. The first-order valence-electron chi connectivity index (χ1n) is 9.43. The number of carbonyl (C=O) groups excluding carboxylic acids is 2. The maximum absolute atomic E-state index is 12.5. The maximum atomic E-state index is 12.5. The molecular formula is C17H31Cl2N5O3S. The number of rotatable bonds is 5. The van der Waals surface area contributed by atoms with Gasteiger partial charge in [0, 0.05) is 24.8 Å². The number of esters is 1. The number of hydrogen-bond donors (Lipinski definition) is 2. The molecule has 1 unspecified atom stereocenters. The molecule has 0 radical (unpaired) electrons. The fourth-order valence-electron chi connectivity index (χ4n) is 3.49. The van der Waals surface area contributed by atoms with E-state index in [4.69, 9.17) is 9.84 Å². The Hall–Kier alpha value is -1.03. The Morgan fingerprint density at radius 2 is 1.93 bits per heavy atom. The molecule has 1 atom stereocenters. The smallest absolute Gasteiger partial charge is 0.337 e. The lowest BCUT2D eigenvalue weighted by atomic mass is 10.00. The van der Waals surface area contributed by atoms with E-state index in [9.17, 15) is 9.59 Å². The zero-order valence-electron chi connectivity index (χ0n) is 16.2. The van der Waals surface area contributed by atoms with Gasteiger partial charge in [0.25, 0.3) is 0 Å². The number of methoxy groups -OCH3 is 1. The lowest BCUT2D eigenvalue weighted by Gasteiger charge is -2.28. The minimum Gasteiger partial charge on any atom is -0.469 e. The summed E-state index contributed by atoms with van der Waals surface area (Å²) in [6, 6.07) is -0.0900. The van der Waals surface area contributed by atoms with Crippen LogP contribution in [-0.4, -0.2) is 71.6 Å². The molecule has 2 N–H and O–H groups in total. The van der Waals surface area contributed by atoms with Crippen LogP contribution < -0.4 is 10.7 Å². The fourth-order valence-corrected chi connectivity index (χ4v) is 5.50. The zero-order chi connectivity index (χ0) is 18.4. The van der Waals surface area contributed by atoms with Crippen molar-refractivity contribution in [2.45, 2.75) is 38.5 Å². The summed E-state index contributed by atoms with van der Waals surface area (Å²) in [6.45, 7) is 3.58. The fraction of sp³-hybridized carbons (Fsp3) is 0.765. The van der Waals surface area contributed by atoms with E-state index in [-0.39, 0.29) is 47.3 Å². The highest BCUT2D eigenvalue weighted by Gasteiger charge is 2.28. The average Bonchev–Trinajstić information content (AvgIpc) is 3.10. The Bertz CT molecular complexity index is 593. The third kappa shape index (κ3) is 6.79. The number of amides is 2. The number of urea groups is 1. The van der Waals surface area contributed by atoms with Crippen LogP contribution >= 0.6 is 35.3 Å². The molecule has 3 heterocycles. The Morgan fingerprint density at radius 3 is 2.57 bits per heavy atom. The van der Waals surface area contributed by atoms with Crippen molar-refractivity contribution < 1.29 is 14.3 Å². The molecule has 0 saturated carbocycles. The first kappa shape index (κ1) is 25.0. The van der Waals surface area contributed by atoms with E-state index in [1.807, 2.05) is 10.4 Å². The summed E-state index contributed by atoms with van der Waals surface area (Å²) in [5.74, 6) is 0.891. The van der Waals surface area contributed by atoms with Crippen molar-refractivity contribution in [1.29, 1.82) is 0 Å². The van der Waals surface area contributed by atoms with Crippen molar-refractivity contribution in [3.63, 3.8) is 0 Å². The van der Waals surface area contributed by atoms with E-state index in [1.165, 1.54) is 13.5 Å². The van der Waals surface area contributed by atoms with Crippen LogP contribution in [0.15, 0.2) is 5.10 Å². The minimum atomic E-state index is -0.247. The summed E-state index contributed by atoms with van der Waals surface area (Å²) in [7, 11) is 1.17. The van der Waals surface area contributed by atoms with Gasteiger partial charge in [-0.15, -0.1) is 35.3 Å². The predicted molar refractivity (Wildman–Crippen MR) is 118 cm³/mol. The Morgan fingerprint density at radius 1 is 1.25 bits per heavy atom. The number of hydrazine groups is 1. The van der Waals surface area contributed by atoms with Gasteiger partial charge in [0.2, 0.25) is 0 Å². The molecule has 3 aliphatic rings. The first-order valence-corrected chi connectivity index (χ1v) is 10.9. The number of nitrogens with one attached hydrogen (secondary N) is 2. The molecule has 28 heavy (non-hydrogen) atoms. The van der Waals surface area contributed by atoms with E-state index < -0.39 is 0 Å². The quantitative estimate of drug-likeness (QED) is 0.489. The van der Waals surface area contributed by atoms with E-state index in [0.717, 1.165) is 56.9 Å². The van der Waals surface area contributed by atoms with Crippen LogP contribution in [0.5, 0.6) is 0 Å². The molecule has 8 nitrogen and oxygen atoms in total. The van der Waals surface area contributed by atoms with Crippen molar-refractivity contribution in [2.75, 3.05) is 39.0 Å². The van der Waals surface area contributed by atoms with Crippen LogP contribution in [0.2, 0.25) is 0 Å². The Labute approximate surface area is 181 Å². The second-order valence-electron chi connectivity index (χ2n) is 6.84.